The van der Waals surface area contributed by atoms with E-state index in [1.807, 2.05) is 28.9 Å². The number of fused-ring (bicyclic) bond motifs is 1. The number of nitrogens with two attached hydrogens (primary N) is 1. The zero-order valence-electron chi connectivity index (χ0n) is 17.2. The van der Waals surface area contributed by atoms with E-state index in [1.54, 1.807) is 27.7 Å². The van der Waals surface area contributed by atoms with Crippen LogP contribution in [0.1, 0.15) is 65.8 Å². The number of nitrogens with one attached hydrogen (secondary N) is 1. The van der Waals surface area contributed by atoms with Gasteiger partial charge in [0.05, 0.1) is 17.7 Å². The molecule has 0 radical (unpaired) electrons. The number of hydrogen-bond donors (Lipinski definition) is 2. The number of alkyl carbamates (subject to hydrolysis) is 1. The van der Waals surface area contributed by atoms with Crippen molar-refractivity contribution >= 4 is 17.6 Å². The molecule has 0 aliphatic heterocycles. The molecule has 148 valence electrons. The van der Waals surface area contributed by atoms with Crippen LogP contribution in [0.5, 0.6) is 0 Å². The van der Waals surface area contributed by atoms with E-state index in [-0.39, 0.29) is 5.41 Å². The second-order valence-corrected chi connectivity index (χ2v) is 8.91. The molecule has 2 aromatic heterocycles. The summed E-state index contributed by atoms with van der Waals surface area (Å²) in [4.78, 5) is 28.6. The van der Waals surface area contributed by atoms with Crippen LogP contribution in [0.15, 0.2) is 24.5 Å². The van der Waals surface area contributed by atoms with Gasteiger partial charge in [0.2, 0.25) is 5.91 Å². The average Bonchev–Trinajstić information content (AvgIpc) is 2.91. The van der Waals surface area contributed by atoms with Crippen molar-refractivity contribution < 1.29 is 14.3 Å². The van der Waals surface area contributed by atoms with E-state index in [0.29, 0.717) is 5.69 Å². The maximum absolute atomic E-state index is 12.3. The number of rotatable bonds is 4. The van der Waals surface area contributed by atoms with Gasteiger partial charge in [0.15, 0.2) is 0 Å². The van der Waals surface area contributed by atoms with Gasteiger partial charge in [-0.15, -0.1) is 0 Å². The second-order valence-electron chi connectivity index (χ2n) is 8.91. The van der Waals surface area contributed by atoms with Crippen LogP contribution in [-0.4, -0.2) is 27.0 Å². The minimum Gasteiger partial charge on any atom is -0.444 e. The SMILES string of the molecule is C[C@@H](C(N)=O)[C@H](NC(=O)OC(C)(C)C)c1cn2cc(C(C)(C)C)ccc2n1. The minimum absolute atomic E-state index is 0.00664. The van der Waals surface area contributed by atoms with Gasteiger partial charge in [-0.05, 0) is 37.8 Å². The minimum atomic E-state index is -0.685. The molecule has 27 heavy (non-hydrogen) atoms. The molecule has 2 amide bonds. The Morgan fingerprint density at radius 1 is 1.15 bits per heavy atom. The van der Waals surface area contributed by atoms with Crippen LogP contribution in [0.3, 0.4) is 0 Å². The lowest BCUT2D eigenvalue weighted by molar-refractivity contribution is -0.122. The molecule has 7 nitrogen and oxygen atoms in total. The molecular weight excluding hydrogens is 344 g/mol. The molecule has 2 aromatic rings. The van der Waals surface area contributed by atoms with Gasteiger partial charge in [0, 0.05) is 12.4 Å². The van der Waals surface area contributed by atoms with E-state index in [9.17, 15) is 9.59 Å². The fourth-order valence-corrected chi connectivity index (χ4v) is 2.66. The van der Waals surface area contributed by atoms with Crippen LogP contribution in [-0.2, 0) is 14.9 Å². The van der Waals surface area contributed by atoms with Crippen molar-refractivity contribution in [1.29, 1.82) is 0 Å². The fourth-order valence-electron chi connectivity index (χ4n) is 2.66. The summed E-state index contributed by atoms with van der Waals surface area (Å²) in [5, 5.41) is 2.74. The largest absolute Gasteiger partial charge is 0.444 e. The molecule has 0 aliphatic carbocycles. The Labute approximate surface area is 160 Å². The highest BCUT2D eigenvalue weighted by molar-refractivity contribution is 5.78. The molecule has 0 saturated carbocycles. The van der Waals surface area contributed by atoms with E-state index in [4.69, 9.17) is 10.5 Å². The van der Waals surface area contributed by atoms with E-state index in [1.165, 1.54) is 0 Å². The lowest BCUT2D eigenvalue weighted by Gasteiger charge is -2.25. The number of imidazole rings is 1. The predicted octanol–water partition coefficient (Wildman–Crippen LogP) is 3.32. The standard InChI is InChI=1S/C20H30N4O3/c1-12(17(21)25)16(23-18(26)27-20(5,6)7)14-11-24-10-13(19(2,3)4)8-9-15(24)22-14/h8-12,16H,1-7H3,(H2,21,25)(H,23,26)/t12-,16+/m1/s1. The summed E-state index contributed by atoms with van der Waals surface area (Å²) in [5.41, 5.74) is 7.27. The highest BCUT2D eigenvalue weighted by Gasteiger charge is 2.30. The highest BCUT2D eigenvalue weighted by atomic mass is 16.6. The van der Waals surface area contributed by atoms with Crippen LogP contribution >= 0.6 is 0 Å². The van der Waals surface area contributed by atoms with Crippen molar-refractivity contribution in [2.45, 2.75) is 65.5 Å². The van der Waals surface area contributed by atoms with Crippen LogP contribution in [0.2, 0.25) is 0 Å². The normalized spacial score (nSPS) is 14.6. The zero-order chi connectivity index (χ0) is 20.6. The third-order valence-electron chi connectivity index (χ3n) is 4.28. The maximum atomic E-state index is 12.3. The van der Waals surface area contributed by atoms with E-state index in [2.05, 4.69) is 31.1 Å². The van der Waals surface area contributed by atoms with Crippen molar-refractivity contribution in [3.63, 3.8) is 0 Å². The van der Waals surface area contributed by atoms with Gasteiger partial charge in [-0.25, -0.2) is 9.78 Å². The van der Waals surface area contributed by atoms with Gasteiger partial charge in [0.25, 0.3) is 0 Å². The molecule has 2 heterocycles. The van der Waals surface area contributed by atoms with Gasteiger partial charge < -0.3 is 20.2 Å². The topological polar surface area (TPSA) is 98.7 Å². The molecule has 0 spiro atoms. The Hall–Kier alpha value is -2.57. The Kier molecular flexibility index (Phi) is 5.54. The lowest BCUT2D eigenvalue weighted by atomic mass is 9.88. The second kappa shape index (κ2) is 7.21. The molecule has 0 aromatic carbocycles. The van der Waals surface area contributed by atoms with E-state index < -0.39 is 29.6 Å². The van der Waals surface area contributed by atoms with E-state index in [0.717, 1.165) is 11.2 Å². The number of ether oxygens (including phenoxy) is 1. The monoisotopic (exact) mass is 374 g/mol. The van der Waals surface area contributed by atoms with Gasteiger partial charge in [0.1, 0.15) is 11.2 Å². The van der Waals surface area contributed by atoms with Crippen molar-refractivity contribution in [2.75, 3.05) is 0 Å². The van der Waals surface area contributed by atoms with Crippen LogP contribution in [0.4, 0.5) is 4.79 Å². The summed E-state index contributed by atoms with van der Waals surface area (Å²) in [6, 6.07) is 3.26. The first-order valence-electron chi connectivity index (χ1n) is 9.06. The number of carbonyl (C=O) groups is 2. The number of aromatic nitrogens is 2. The molecule has 0 unspecified atom stereocenters. The summed E-state index contributed by atoms with van der Waals surface area (Å²) in [6.07, 6.45) is 3.20. The lowest BCUT2D eigenvalue weighted by Crippen LogP contribution is -2.40. The van der Waals surface area contributed by atoms with Crippen molar-refractivity contribution in [2.24, 2.45) is 11.7 Å². The Balaban J connectivity index is 2.40. The predicted molar refractivity (Wildman–Crippen MR) is 104 cm³/mol. The number of nitrogens with zero attached hydrogens (tertiary/aromatic N) is 2. The first kappa shape index (κ1) is 20.7. The smallest absolute Gasteiger partial charge is 0.408 e. The molecule has 0 aliphatic rings. The van der Waals surface area contributed by atoms with Crippen molar-refractivity contribution in [3.05, 3.63) is 35.8 Å². The summed E-state index contributed by atoms with van der Waals surface area (Å²) >= 11 is 0. The molecule has 2 atom stereocenters. The number of hydrogen-bond acceptors (Lipinski definition) is 4. The summed E-state index contributed by atoms with van der Waals surface area (Å²) in [6.45, 7) is 13.4. The maximum Gasteiger partial charge on any atom is 0.408 e. The third kappa shape index (κ3) is 5.21. The van der Waals surface area contributed by atoms with E-state index >= 15 is 0 Å². The fraction of sp³-hybridized carbons (Fsp3) is 0.550. The molecule has 0 bridgehead atoms. The first-order chi connectivity index (χ1) is 12.3. The van der Waals surface area contributed by atoms with Gasteiger partial charge in [-0.3, -0.25) is 4.79 Å². The molecular formula is C20H30N4O3. The van der Waals surface area contributed by atoms with Gasteiger partial charge in [-0.2, -0.15) is 0 Å². The van der Waals surface area contributed by atoms with Crippen molar-refractivity contribution in [3.8, 4) is 0 Å². The molecule has 7 heteroatoms. The number of amides is 2. The molecule has 3 N–H and O–H groups in total. The zero-order valence-corrected chi connectivity index (χ0v) is 17.2. The molecule has 2 rings (SSSR count). The third-order valence-corrected chi connectivity index (χ3v) is 4.28. The number of pyridine rings is 1. The van der Waals surface area contributed by atoms with Gasteiger partial charge >= 0.3 is 6.09 Å². The number of primary amides is 1. The first-order valence-corrected chi connectivity index (χ1v) is 9.06. The van der Waals surface area contributed by atoms with Crippen LogP contribution in [0.25, 0.3) is 5.65 Å². The Bertz CT molecular complexity index is 843. The summed E-state index contributed by atoms with van der Waals surface area (Å²) < 4.78 is 7.22. The quantitative estimate of drug-likeness (QED) is 0.857. The summed E-state index contributed by atoms with van der Waals surface area (Å²) in [5.74, 6) is -1.17. The average molecular weight is 374 g/mol. The van der Waals surface area contributed by atoms with Gasteiger partial charge in [-0.1, -0.05) is 33.8 Å². The van der Waals surface area contributed by atoms with Crippen molar-refractivity contribution in [1.82, 2.24) is 14.7 Å². The molecule has 0 saturated heterocycles. The highest BCUT2D eigenvalue weighted by Crippen LogP contribution is 2.26. The molecule has 0 fully saturated rings. The van der Waals surface area contributed by atoms with Crippen LogP contribution < -0.4 is 11.1 Å². The Morgan fingerprint density at radius 2 is 1.78 bits per heavy atom. The van der Waals surface area contributed by atoms with Crippen LogP contribution in [0, 0.1) is 5.92 Å². The Morgan fingerprint density at radius 3 is 2.30 bits per heavy atom. The number of carbonyl (C=O) groups excluding carboxylic acids is 2. The summed E-state index contributed by atoms with van der Waals surface area (Å²) in [7, 11) is 0.